The summed E-state index contributed by atoms with van der Waals surface area (Å²) in [7, 11) is 5.68. The lowest BCUT2D eigenvalue weighted by molar-refractivity contribution is 0.0918. The van der Waals surface area contributed by atoms with Crippen LogP contribution in [0.5, 0.6) is 0 Å². The molecular weight excluding hydrogens is 342 g/mol. The van der Waals surface area contributed by atoms with Gasteiger partial charge in [0, 0.05) is 52.9 Å². The summed E-state index contributed by atoms with van der Waals surface area (Å²) < 4.78 is 5.79. The van der Waals surface area contributed by atoms with Crippen molar-refractivity contribution < 1.29 is 4.74 Å². The van der Waals surface area contributed by atoms with Gasteiger partial charge < -0.3 is 19.9 Å². The standard InChI is InChI=1S/C19H27N7O/c1-25(2)19-22-8-7-17(24-19)26-11-15(16(12-26)27-3)23-14-6-4-5-13-18(14)21-10-9-20-13/h7-10,14-16,23H,4-6,11-12H2,1-3H3/t14?,15-,16+/m0/s1. The van der Waals surface area contributed by atoms with E-state index in [1.807, 2.05) is 31.3 Å². The van der Waals surface area contributed by atoms with Gasteiger partial charge in [-0.1, -0.05) is 0 Å². The summed E-state index contributed by atoms with van der Waals surface area (Å²) >= 11 is 0. The summed E-state index contributed by atoms with van der Waals surface area (Å²) in [5.41, 5.74) is 2.21. The zero-order valence-electron chi connectivity index (χ0n) is 16.2. The van der Waals surface area contributed by atoms with E-state index in [1.54, 1.807) is 19.5 Å². The van der Waals surface area contributed by atoms with Crippen LogP contribution < -0.4 is 15.1 Å². The SMILES string of the molecule is CO[C@@H]1CN(c2ccnc(N(C)C)n2)C[C@@H]1NC1CCCc2nccnc21. The number of rotatable bonds is 5. The third kappa shape index (κ3) is 3.72. The summed E-state index contributed by atoms with van der Waals surface area (Å²) in [6.07, 6.45) is 8.72. The van der Waals surface area contributed by atoms with Crippen molar-refractivity contribution in [3.8, 4) is 0 Å². The predicted octanol–water partition coefficient (Wildman–Crippen LogP) is 1.20. The van der Waals surface area contributed by atoms with Crippen LogP contribution in [0.2, 0.25) is 0 Å². The Kier molecular flexibility index (Phi) is 5.18. The average Bonchev–Trinajstić information content (AvgIpc) is 3.11. The van der Waals surface area contributed by atoms with Crippen molar-refractivity contribution in [2.75, 3.05) is 44.1 Å². The lowest BCUT2D eigenvalue weighted by Crippen LogP contribution is -2.43. The number of anilines is 2. The zero-order valence-corrected chi connectivity index (χ0v) is 16.2. The highest BCUT2D eigenvalue weighted by atomic mass is 16.5. The number of hydrogen-bond acceptors (Lipinski definition) is 8. The topological polar surface area (TPSA) is 79.3 Å². The first-order chi connectivity index (χ1) is 13.2. The highest BCUT2D eigenvalue weighted by Gasteiger charge is 2.36. The van der Waals surface area contributed by atoms with Crippen molar-refractivity contribution >= 4 is 11.8 Å². The molecule has 1 aliphatic heterocycles. The predicted molar refractivity (Wildman–Crippen MR) is 104 cm³/mol. The van der Waals surface area contributed by atoms with E-state index < -0.39 is 0 Å². The second kappa shape index (κ2) is 7.74. The normalized spacial score (nSPS) is 24.7. The molecule has 2 aliphatic rings. The summed E-state index contributed by atoms with van der Waals surface area (Å²) in [5.74, 6) is 1.65. The molecule has 8 heteroatoms. The van der Waals surface area contributed by atoms with Crippen LogP contribution >= 0.6 is 0 Å². The first-order valence-electron chi connectivity index (χ1n) is 9.49. The fraction of sp³-hybridized carbons (Fsp3) is 0.579. The van der Waals surface area contributed by atoms with Gasteiger partial charge >= 0.3 is 0 Å². The van der Waals surface area contributed by atoms with Gasteiger partial charge in [-0.05, 0) is 25.3 Å². The van der Waals surface area contributed by atoms with Gasteiger partial charge in [0.25, 0.3) is 0 Å². The van der Waals surface area contributed by atoms with Crippen LogP contribution in [0.15, 0.2) is 24.7 Å². The molecule has 1 aliphatic carbocycles. The molecule has 0 saturated carbocycles. The van der Waals surface area contributed by atoms with Gasteiger partial charge in [0.1, 0.15) is 5.82 Å². The van der Waals surface area contributed by atoms with Crippen molar-refractivity contribution in [3.05, 3.63) is 36.0 Å². The van der Waals surface area contributed by atoms with Crippen LogP contribution in [0.3, 0.4) is 0 Å². The van der Waals surface area contributed by atoms with Gasteiger partial charge in [-0.15, -0.1) is 0 Å². The van der Waals surface area contributed by atoms with E-state index in [0.717, 1.165) is 49.6 Å². The second-order valence-corrected chi connectivity index (χ2v) is 7.39. The Bertz CT molecular complexity index is 784. The second-order valence-electron chi connectivity index (χ2n) is 7.39. The lowest BCUT2D eigenvalue weighted by atomic mass is 9.94. The summed E-state index contributed by atoms with van der Waals surface area (Å²) in [6.45, 7) is 1.65. The number of nitrogens with zero attached hydrogens (tertiary/aromatic N) is 6. The van der Waals surface area contributed by atoms with Crippen molar-refractivity contribution in [2.24, 2.45) is 0 Å². The Hall–Kier alpha value is -2.32. The Balaban J connectivity index is 1.50. The van der Waals surface area contributed by atoms with Gasteiger partial charge in [-0.3, -0.25) is 9.97 Å². The Morgan fingerprint density at radius 1 is 1.15 bits per heavy atom. The van der Waals surface area contributed by atoms with E-state index >= 15 is 0 Å². The molecule has 144 valence electrons. The third-order valence-electron chi connectivity index (χ3n) is 5.38. The molecule has 0 amide bonds. The number of ether oxygens (including phenoxy) is 1. The van der Waals surface area contributed by atoms with E-state index in [1.165, 1.54) is 0 Å². The molecule has 1 unspecified atom stereocenters. The summed E-state index contributed by atoms with van der Waals surface area (Å²) in [6, 6.07) is 2.40. The van der Waals surface area contributed by atoms with E-state index in [0.29, 0.717) is 5.95 Å². The van der Waals surface area contributed by atoms with Crippen molar-refractivity contribution in [3.63, 3.8) is 0 Å². The molecule has 1 saturated heterocycles. The highest BCUT2D eigenvalue weighted by Crippen LogP contribution is 2.29. The fourth-order valence-electron chi connectivity index (χ4n) is 3.98. The van der Waals surface area contributed by atoms with Crippen LogP contribution in [-0.4, -0.2) is 66.4 Å². The zero-order chi connectivity index (χ0) is 18.8. The van der Waals surface area contributed by atoms with Crippen LogP contribution in [0.1, 0.15) is 30.3 Å². The number of nitrogens with one attached hydrogen (secondary N) is 1. The quantitative estimate of drug-likeness (QED) is 0.842. The molecule has 4 rings (SSSR count). The fourth-order valence-corrected chi connectivity index (χ4v) is 3.98. The molecule has 0 aromatic carbocycles. The number of methoxy groups -OCH3 is 1. The maximum absolute atomic E-state index is 5.79. The lowest BCUT2D eigenvalue weighted by Gasteiger charge is -2.29. The molecule has 2 aromatic heterocycles. The minimum absolute atomic E-state index is 0.102. The monoisotopic (exact) mass is 369 g/mol. The number of hydrogen-bond donors (Lipinski definition) is 1. The maximum Gasteiger partial charge on any atom is 0.226 e. The third-order valence-corrected chi connectivity index (χ3v) is 5.38. The molecule has 3 heterocycles. The first kappa shape index (κ1) is 18.1. The van der Waals surface area contributed by atoms with E-state index in [4.69, 9.17) is 4.74 Å². The van der Waals surface area contributed by atoms with Gasteiger partial charge in [0.2, 0.25) is 5.95 Å². The van der Waals surface area contributed by atoms with Gasteiger partial charge in [-0.25, -0.2) is 4.98 Å². The summed E-state index contributed by atoms with van der Waals surface area (Å²) in [4.78, 5) is 22.3. The van der Waals surface area contributed by atoms with E-state index in [-0.39, 0.29) is 18.2 Å². The molecule has 8 nitrogen and oxygen atoms in total. The molecule has 1 fully saturated rings. The first-order valence-corrected chi connectivity index (χ1v) is 9.49. The maximum atomic E-state index is 5.79. The van der Waals surface area contributed by atoms with Crippen molar-refractivity contribution in [1.29, 1.82) is 0 Å². The van der Waals surface area contributed by atoms with Gasteiger partial charge in [0.05, 0.1) is 29.6 Å². The van der Waals surface area contributed by atoms with Crippen LogP contribution in [0, 0.1) is 0 Å². The Morgan fingerprint density at radius 3 is 2.81 bits per heavy atom. The molecule has 0 spiro atoms. The molecule has 1 N–H and O–H groups in total. The number of aromatic nitrogens is 4. The smallest absolute Gasteiger partial charge is 0.226 e. The van der Waals surface area contributed by atoms with Crippen molar-refractivity contribution in [1.82, 2.24) is 25.3 Å². The molecular formula is C19H27N7O. The summed E-state index contributed by atoms with van der Waals surface area (Å²) in [5, 5.41) is 3.79. The Morgan fingerprint density at radius 2 is 2.00 bits per heavy atom. The van der Waals surface area contributed by atoms with Gasteiger partial charge in [0.15, 0.2) is 0 Å². The molecule has 27 heavy (non-hydrogen) atoms. The minimum atomic E-state index is 0.102. The highest BCUT2D eigenvalue weighted by molar-refractivity contribution is 5.45. The van der Waals surface area contributed by atoms with Crippen molar-refractivity contribution in [2.45, 2.75) is 37.5 Å². The van der Waals surface area contributed by atoms with E-state index in [2.05, 4.69) is 30.2 Å². The molecule has 2 aromatic rings. The minimum Gasteiger partial charge on any atom is -0.378 e. The molecule has 0 bridgehead atoms. The van der Waals surface area contributed by atoms with Crippen LogP contribution in [0.25, 0.3) is 0 Å². The van der Waals surface area contributed by atoms with E-state index in [9.17, 15) is 0 Å². The average molecular weight is 369 g/mol. The molecule has 0 radical (unpaired) electrons. The largest absolute Gasteiger partial charge is 0.378 e. The number of fused-ring (bicyclic) bond motifs is 1. The molecule has 3 atom stereocenters. The number of aryl methyl sites for hydroxylation is 1. The van der Waals surface area contributed by atoms with Crippen LogP contribution in [0.4, 0.5) is 11.8 Å². The van der Waals surface area contributed by atoms with Crippen LogP contribution in [-0.2, 0) is 11.2 Å². The Labute approximate surface area is 160 Å². The van der Waals surface area contributed by atoms with Gasteiger partial charge in [-0.2, -0.15) is 4.98 Å².